The average Bonchev–Trinajstić information content (AvgIpc) is 0.778. The fourth-order valence-corrected chi connectivity index (χ4v) is 14.6. The number of azide groups is 1. The monoisotopic (exact) mass is 1850 g/mol. The third-order valence-corrected chi connectivity index (χ3v) is 21.0. The van der Waals surface area contributed by atoms with E-state index in [9.17, 15) is 59.9 Å². The molecule has 0 aliphatic carbocycles. The molecule has 8 aromatic carbocycles. The number of hydrogen-bond acceptors (Lipinski definition) is 31. The summed E-state index contributed by atoms with van der Waals surface area (Å²) in [7, 11) is -8.10. The number of aliphatic hydroxyl groups excluding tert-OH is 1. The molecule has 10 rings (SSSR count). The molecule has 1 N–H and O–H groups in total. The molecule has 33 nitrogen and oxygen atoms in total. The highest BCUT2D eigenvalue weighted by atomic mass is 32.2. The van der Waals surface area contributed by atoms with E-state index in [0.717, 1.165) is 12.8 Å². The SMILES string of the molecule is CCCOCCOCCO[C@H]1OC(COC(=O)c2ccccc2)[C@@H](OC(=O)c2ccccc2)[C@H](OC(=O)c2ccccc2)C1OC(=O)c1ccccc1.CCCOCCOCCO[C@H]1OC(COC(=O)c2ccccc2)[C@@H](OC(=O)c2ccccc2)[C@H](OC(=O)c2ccccc2)C1OC(=O)c1ccccc1.C[Si](C)(C)OS(=O)(=O)C(F)(F)F.[N-]=[N+]=NCCOCCOCCO. The van der Waals surface area contributed by atoms with Gasteiger partial charge >= 0.3 is 63.4 Å². The summed E-state index contributed by atoms with van der Waals surface area (Å²) in [6, 6.07) is 65.5. The number of ether oxygens (including phenoxy) is 18. The van der Waals surface area contributed by atoms with Crippen LogP contribution in [0.25, 0.3) is 10.4 Å². The summed E-state index contributed by atoms with van der Waals surface area (Å²) in [4.78, 5) is 110. The smallest absolute Gasteiger partial charge is 0.459 e. The van der Waals surface area contributed by atoms with E-state index in [0.29, 0.717) is 72.6 Å². The number of hydrogen-bond donors (Lipinski definition) is 1. The summed E-state index contributed by atoms with van der Waals surface area (Å²) in [5.74, 6) is -6.07. The first kappa shape index (κ1) is 105. The van der Waals surface area contributed by atoms with Crippen LogP contribution >= 0.6 is 0 Å². The first-order chi connectivity index (χ1) is 62.8. The van der Waals surface area contributed by atoms with Gasteiger partial charge in [0.15, 0.2) is 49.2 Å². The van der Waals surface area contributed by atoms with Crippen LogP contribution in [0, 0.1) is 0 Å². The molecule has 130 heavy (non-hydrogen) atoms. The molecule has 700 valence electrons. The number of esters is 8. The third-order valence-electron chi connectivity index (χ3n) is 17.6. The molecular weight excluding hydrogens is 1740 g/mol. The predicted molar refractivity (Wildman–Crippen MR) is 463 cm³/mol. The van der Waals surface area contributed by atoms with Gasteiger partial charge in [0.25, 0.3) is 0 Å². The Bertz CT molecular complexity index is 4560. The van der Waals surface area contributed by atoms with Gasteiger partial charge in [0, 0.05) is 24.7 Å². The number of carbonyl (C=O) groups is 8. The fraction of sp³-hybridized carbons (Fsp3) is 0.391. The lowest BCUT2D eigenvalue weighted by Crippen LogP contribution is -2.63. The molecule has 10 atom stereocenters. The molecule has 2 fully saturated rings. The zero-order valence-electron chi connectivity index (χ0n) is 72.2. The van der Waals surface area contributed by atoms with Crippen molar-refractivity contribution in [2.45, 2.75) is 113 Å². The zero-order chi connectivity index (χ0) is 93.8. The minimum Gasteiger partial charge on any atom is -0.459 e. The fourth-order valence-electron chi connectivity index (χ4n) is 11.6. The lowest BCUT2D eigenvalue weighted by molar-refractivity contribution is -0.300. The average molecular weight is 1850 g/mol. The van der Waals surface area contributed by atoms with E-state index in [1.165, 1.54) is 19.6 Å². The Labute approximate surface area is 751 Å². The van der Waals surface area contributed by atoms with Gasteiger partial charge in [0.2, 0.25) is 8.32 Å². The Balaban J connectivity index is 0.000000283. The second kappa shape index (κ2) is 58.1. The number of aliphatic hydroxyl groups is 1. The molecular formula is C92H106F3N3O30SSi. The van der Waals surface area contributed by atoms with E-state index in [2.05, 4.69) is 13.9 Å². The summed E-state index contributed by atoms with van der Waals surface area (Å²) >= 11 is 0. The van der Waals surface area contributed by atoms with Crippen LogP contribution in [0.5, 0.6) is 0 Å². The zero-order valence-corrected chi connectivity index (χ0v) is 74.0. The van der Waals surface area contributed by atoms with Gasteiger partial charge in [-0.05, 0) is 135 Å². The van der Waals surface area contributed by atoms with E-state index < -0.39 is 146 Å². The molecule has 0 aromatic heterocycles. The number of nitrogens with zero attached hydrogens (tertiary/aromatic N) is 3. The van der Waals surface area contributed by atoms with Crippen molar-refractivity contribution in [3.8, 4) is 0 Å². The van der Waals surface area contributed by atoms with Crippen molar-refractivity contribution in [2.75, 3.05) is 119 Å². The van der Waals surface area contributed by atoms with Crippen LogP contribution in [0.3, 0.4) is 0 Å². The number of alkyl halides is 3. The number of carbonyl (C=O) groups excluding carboxylic acids is 8. The van der Waals surface area contributed by atoms with E-state index in [-0.39, 0.29) is 77.5 Å². The van der Waals surface area contributed by atoms with Gasteiger partial charge in [-0.15, -0.1) is 0 Å². The van der Waals surface area contributed by atoms with Gasteiger partial charge < -0.3 is 94.2 Å². The summed E-state index contributed by atoms with van der Waals surface area (Å²) in [5, 5.41) is 11.6. The lowest BCUT2D eigenvalue weighted by Gasteiger charge is -2.44. The van der Waals surface area contributed by atoms with Gasteiger partial charge in [0.05, 0.1) is 130 Å². The predicted octanol–water partition coefficient (Wildman–Crippen LogP) is 13.4. The Morgan fingerprint density at radius 1 is 0.362 bits per heavy atom. The standard InChI is InChI=1S/2C41H42O12.C6H13N3O3.C4H9F3O3SSi/c2*1-2-23-46-24-25-47-26-27-48-41-36(53-40(45)32-21-13-6-14-22-32)35(52-39(44)31-19-11-5-12-20-31)34(51-38(43)30-17-9-4-10-18-30)33(50-41)28-49-37(42)29-15-7-3-8-16-29;7-9-8-1-3-11-5-6-12-4-2-10;1-12(2,3)10-11(8,9)4(5,6)7/h2*3-22,33-36,41H,2,23-28H2,1H3;10H,1-6H2;1-3H3/t2*33?,34-,35+,36?,41+;;/m11../s1. The normalized spacial score (nSPS) is 18.1. The summed E-state index contributed by atoms with van der Waals surface area (Å²) in [5.41, 5.74) is 4.28. The minimum absolute atomic E-state index is 0.0265. The lowest BCUT2D eigenvalue weighted by atomic mass is 9.97. The molecule has 2 saturated heterocycles. The number of rotatable bonds is 46. The van der Waals surface area contributed by atoms with E-state index >= 15 is 0 Å². The maximum Gasteiger partial charge on any atom is 0.522 e. The van der Waals surface area contributed by atoms with Gasteiger partial charge in [-0.2, -0.15) is 21.6 Å². The van der Waals surface area contributed by atoms with Crippen molar-refractivity contribution >= 4 is 66.2 Å². The molecule has 0 spiro atoms. The topological polar surface area (TPSA) is 415 Å². The van der Waals surface area contributed by atoms with Crippen molar-refractivity contribution in [2.24, 2.45) is 5.11 Å². The largest absolute Gasteiger partial charge is 0.522 e. The Hall–Kier alpha value is -11.7. The maximum absolute atomic E-state index is 13.7. The van der Waals surface area contributed by atoms with Gasteiger partial charge in [-0.1, -0.05) is 165 Å². The summed E-state index contributed by atoms with van der Waals surface area (Å²) < 4.78 is 164. The van der Waals surface area contributed by atoms with Gasteiger partial charge in [-0.3, -0.25) is 0 Å². The molecule has 0 bridgehead atoms. The molecule has 0 radical (unpaired) electrons. The Morgan fingerprint density at radius 3 is 0.846 bits per heavy atom. The molecule has 0 amide bonds. The molecule has 38 heteroatoms. The second-order valence-corrected chi connectivity index (χ2v) is 34.9. The van der Waals surface area contributed by atoms with Gasteiger partial charge in [0.1, 0.15) is 25.4 Å². The van der Waals surface area contributed by atoms with E-state index in [4.69, 9.17) is 95.9 Å². The number of halogens is 3. The minimum atomic E-state index is -5.39. The molecule has 2 aliphatic rings. The van der Waals surface area contributed by atoms with Crippen LogP contribution in [-0.4, -0.2) is 255 Å². The molecule has 2 aliphatic heterocycles. The van der Waals surface area contributed by atoms with Crippen LogP contribution in [0.4, 0.5) is 13.2 Å². The van der Waals surface area contributed by atoms with Crippen LogP contribution in [-0.2, 0) is 99.3 Å². The van der Waals surface area contributed by atoms with Crippen LogP contribution in [0.15, 0.2) is 248 Å². The quantitative estimate of drug-likeness (QED) is 0.00541. The maximum atomic E-state index is 13.7. The van der Waals surface area contributed by atoms with Crippen molar-refractivity contribution in [1.29, 1.82) is 0 Å². The van der Waals surface area contributed by atoms with Gasteiger partial charge in [-0.25, -0.2) is 38.4 Å². The van der Waals surface area contributed by atoms with Crippen LogP contribution < -0.4 is 0 Å². The van der Waals surface area contributed by atoms with E-state index in [1.807, 2.05) is 13.8 Å². The highest BCUT2D eigenvalue weighted by molar-refractivity contribution is 7.88. The first-order valence-corrected chi connectivity index (χ1v) is 46.2. The first-order valence-electron chi connectivity index (χ1n) is 41.4. The van der Waals surface area contributed by atoms with Crippen molar-refractivity contribution in [3.63, 3.8) is 0 Å². The number of benzene rings is 8. The molecule has 8 aromatic rings. The van der Waals surface area contributed by atoms with Crippen LogP contribution in [0.2, 0.25) is 19.6 Å². The summed E-state index contributed by atoms with van der Waals surface area (Å²) in [6.45, 7) is 12.0. The molecule has 4 unspecified atom stereocenters. The van der Waals surface area contributed by atoms with E-state index in [1.54, 1.807) is 243 Å². The second-order valence-electron chi connectivity index (χ2n) is 28.6. The molecule has 0 saturated carbocycles. The highest BCUT2D eigenvalue weighted by Crippen LogP contribution is 2.35. The van der Waals surface area contributed by atoms with Crippen molar-refractivity contribution in [3.05, 3.63) is 298 Å². The van der Waals surface area contributed by atoms with Crippen LogP contribution in [0.1, 0.15) is 110 Å². The van der Waals surface area contributed by atoms with Crippen molar-refractivity contribution < 1.29 is 154 Å². The Morgan fingerprint density at radius 2 is 0.600 bits per heavy atom. The van der Waals surface area contributed by atoms with Crippen molar-refractivity contribution in [1.82, 2.24) is 0 Å². The highest BCUT2D eigenvalue weighted by Gasteiger charge is 2.56. The Kier molecular flexibility index (Phi) is 47.1. The third kappa shape index (κ3) is 37.8. The molecule has 2 heterocycles. The summed E-state index contributed by atoms with van der Waals surface area (Å²) in [6.07, 6.45) is -12.4.